The number of hydrogen-bond acceptors (Lipinski definition) is 0. The van der Waals surface area contributed by atoms with Gasteiger partial charge in [0.25, 0.3) is 0 Å². The van der Waals surface area contributed by atoms with Crippen molar-refractivity contribution in [2.45, 2.75) is 0 Å². The van der Waals surface area contributed by atoms with Crippen LogP contribution in [-0.4, -0.2) is 15.5 Å². The summed E-state index contributed by atoms with van der Waals surface area (Å²) < 4.78 is 0. The van der Waals surface area contributed by atoms with Crippen LogP contribution in [0.15, 0.2) is 30.3 Å². The molecule has 0 aliphatic rings. The molecule has 0 unspecified atom stereocenters. The normalized spacial score (nSPS) is 8.50. The van der Waals surface area contributed by atoms with E-state index in [1.165, 1.54) is 5.56 Å². The van der Waals surface area contributed by atoms with E-state index in [2.05, 4.69) is 22.0 Å². The maximum absolute atomic E-state index is 2.57. The molecule has 1 aromatic carbocycles. The minimum absolute atomic E-state index is 1.25. The first-order valence-electron chi connectivity index (χ1n) is 2.53. The van der Waals surface area contributed by atoms with Crippen LogP contribution in [0.2, 0.25) is 0 Å². The molecule has 1 aromatic rings. The van der Waals surface area contributed by atoms with Gasteiger partial charge in [0.2, 0.25) is 0 Å². The van der Waals surface area contributed by atoms with Crippen LogP contribution in [0.3, 0.4) is 0 Å². The molecule has 1 rings (SSSR count). The number of hydrogen-bond donors (Lipinski definition) is 0. The molecular formula is C7H7Si. The Morgan fingerprint density at radius 2 is 1.75 bits per heavy atom. The molecule has 0 nitrogen and oxygen atoms in total. The zero-order chi connectivity index (χ0) is 5.82. The largest absolute Gasteiger partial charge is 0.0777 e. The van der Waals surface area contributed by atoms with Gasteiger partial charge in [-0.3, -0.25) is 0 Å². The van der Waals surface area contributed by atoms with E-state index >= 15 is 0 Å². The maximum Gasteiger partial charge on any atom is 0.000725 e. The fourth-order valence-electron chi connectivity index (χ4n) is 0.564. The third kappa shape index (κ3) is 1.14. The second kappa shape index (κ2) is 2.57. The fraction of sp³-hybridized carbons (Fsp3) is 0. The third-order valence-electron chi connectivity index (χ3n) is 0.992. The molecule has 0 aliphatic carbocycles. The summed E-state index contributed by atoms with van der Waals surface area (Å²) in [4.78, 5) is 0. The molecule has 39 valence electrons. The molecular weight excluding hydrogens is 112 g/mol. The molecule has 1 radical (unpaired) electrons. The smallest absolute Gasteiger partial charge is 0.000725 e. The number of benzene rings is 1. The monoisotopic (exact) mass is 119 g/mol. The zero-order valence-electron chi connectivity index (χ0n) is 4.54. The van der Waals surface area contributed by atoms with E-state index in [-0.39, 0.29) is 0 Å². The van der Waals surface area contributed by atoms with Crippen molar-refractivity contribution in [3.05, 3.63) is 35.9 Å². The lowest BCUT2D eigenvalue weighted by Gasteiger charge is -1.85. The van der Waals surface area contributed by atoms with E-state index in [4.69, 9.17) is 0 Å². The Morgan fingerprint density at radius 3 is 2.12 bits per heavy atom. The molecule has 0 heterocycles. The Bertz CT molecular complexity index is 167. The van der Waals surface area contributed by atoms with E-state index in [0.717, 1.165) is 0 Å². The van der Waals surface area contributed by atoms with E-state index in [0.29, 0.717) is 0 Å². The van der Waals surface area contributed by atoms with Crippen molar-refractivity contribution < 1.29 is 0 Å². The van der Waals surface area contributed by atoms with Crippen LogP contribution < -0.4 is 0 Å². The summed E-state index contributed by atoms with van der Waals surface area (Å²) in [5.74, 6) is 0. The van der Waals surface area contributed by atoms with Crippen LogP contribution in [0.5, 0.6) is 0 Å². The maximum atomic E-state index is 2.57. The molecule has 0 N–H and O–H groups in total. The van der Waals surface area contributed by atoms with Crippen molar-refractivity contribution in [1.82, 2.24) is 0 Å². The Balaban J connectivity index is 2.99. The highest BCUT2D eigenvalue weighted by molar-refractivity contribution is 6.32. The standard InChI is InChI=1S/C7H7Si/c8-6-7-4-2-1-3-5-7/h1-6,8H. The third-order valence-corrected chi connectivity index (χ3v) is 1.38. The first-order valence-corrected chi connectivity index (χ1v) is 3.20. The van der Waals surface area contributed by atoms with Gasteiger partial charge in [-0.1, -0.05) is 36.0 Å². The Morgan fingerprint density at radius 1 is 1.12 bits per heavy atom. The summed E-state index contributed by atoms with van der Waals surface area (Å²) >= 11 is 0. The summed E-state index contributed by atoms with van der Waals surface area (Å²) in [5, 5.41) is 0. The zero-order valence-corrected chi connectivity index (χ0v) is 5.70. The second-order valence-electron chi connectivity index (χ2n) is 1.58. The minimum atomic E-state index is 1.25. The van der Waals surface area contributed by atoms with Crippen LogP contribution in [0.1, 0.15) is 5.56 Å². The van der Waals surface area contributed by atoms with E-state index in [1.54, 1.807) is 0 Å². The predicted octanol–water partition coefficient (Wildman–Crippen LogP) is 0.738. The van der Waals surface area contributed by atoms with Crippen LogP contribution in [0.4, 0.5) is 0 Å². The summed E-state index contributed by atoms with van der Waals surface area (Å²) in [6.07, 6.45) is 0. The molecule has 0 saturated carbocycles. The van der Waals surface area contributed by atoms with Gasteiger partial charge in [-0.25, -0.2) is 0 Å². The van der Waals surface area contributed by atoms with Crippen molar-refractivity contribution in [3.8, 4) is 0 Å². The van der Waals surface area contributed by atoms with E-state index in [1.807, 2.05) is 23.9 Å². The first kappa shape index (κ1) is 5.44. The lowest BCUT2D eigenvalue weighted by molar-refractivity contribution is 1.69. The lowest BCUT2D eigenvalue weighted by Crippen LogP contribution is -1.75. The summed E-state index contributed by atoms with van der Waals surface area (Å²) in [5.41, 5.74) is 3.25. The second-order valence-corrected chi connectivity index (χ2v) is 1.91. The van der Waals surface area contributed by atoms with Gasteiger partial charge in [0.05, 0.1) is 0 Å². The van der Waals surface area contributed by atoms with E-state index < -0.39 is 0 Å². The van der Waals surface area contributed by atoms with Crippen molar-refractivity contribution >= 4 is 15.5 Å². The average molecular weight is 119 g/mol. The Kier molecular flexibility index (Phi) is 1.75. The van der Waals surface area contributed by atoms with Gasteiger partial charge < -0.3 is 0 Å². The molecule has 8 heavy (non-hydrogen) atoms. The van der Waals surface area contributed by atoms with Gasteiger partial charge >= 0.3 is 0 Å². The van der Waals surface area contributed by atoms with E-state index in [9.17, 15) is 0 Å². The SMILES string of the molecule is [SiH]=Cc1ccccc1. The molecule has 0 amide bonds. The highest BCUT2D eigenvalue weighted by Crippen LogP contribution is 1.91. The molecule has 0 aliphatic heterocycles. The molecule has 1 heteroatoms. The molecule has 0 spiro atoms. The summed E-state index contributed by atoms with van der Waals surface area (Å²) in [6.45, 7) is 0. The van der Waals surface area contributed by atoms with Gasteiger partial charge in [0.15, 0.2) is 0 Å². The van der Waals surface area contributed by atoms with Crippen LogP contribution in [0.25, 0.3) is 0 Å². The molecule has 0 bridgehead atoms. The fourth-order valence-corrected chi connectivity index (χ4v) is 0.786. The summed E-state index contributed by atoms with van der Waals surface area (Å²) in [6, 6.07) is 10.2. The lowest BCUT2D eigenvalue weighted by atomic mass is 10.2. The minimum Gasteiger partial charge on any atom is -0.0777 e. The molecule has 0 aromatic heterocycles. The van der Waals surface area contributed by atoms with Crippen molar-refractivity contribution in [1.29, 1.82) is 0 Å². The van der Waals surface area contributed by atoms with Crippen molar-refractivity contribution in [3.63, 3.8) is 0 Å². The first-order chi connectivity index (χ1) is 3.93. The van der Waals surface area contributed by atoms with Crippen LogP contribution in [-0.2, 0) is 0 Å². The molecule has 0 saturated heterocycles. The van der Waals surface area contributed by atoms with Gasteiger partial charge in [-0.05, 0) is 5.56 Å². The predicted molar refractivity (Wildman–Crippen MR) is 38.8 cm³/mol. The van der Waals surface area contributed by atoms with Crippen molar-refractivity contribution in [2.24, 2.45) is 0 Å². The van der Waals surface area contributed by atoms with Gasteiger partial charge in [-0.2, -0.15) is 0 Å². The van der Waals surface area contributed by atoms with Crippen molar-refractivity contribution in [2.75, 3.05) is 0 Å². The highest BCUT2D eigenvalue weighted by atomic mass is 28.1. The Labute approximate surface area is 52.2 Å². The quantitative estimate of drug-likeness (QED) is 0.478. The summed E-state index contributed by atoms with van der Waals surface area (Å²) in [7, 11) is 2.57. The van der Waals surface area contributed by atoms with Gasteiger partial charge in [-0.15, -0.1) is 0 Å². The van der Waals surface area contributed by atoms with Gasteiger partial charge in [0, 0.05) is 9.85 Å². The Hall–Kier alpha value is -0.693. The highest BCUT2D eigenvalue weighted by Gasteiger charge is 1.75. The van der Waals surface area contributed by atoms with Gasteiger partial charge in [0.1, 0.15) is 0 Å². The molecule has 0 atom stereocenters. The van der Waals surface area contributed by atoms with Crippen LogP contribution in [0, 0.1) is 0 Å². The molecule has 0 fully saturated rings. The average Bonchev–Trinajstić information content (AvgIpc) is 1.90. The van der Waals surface area contributed by atoms with Crippen LogP contribution >= 0.6 is 0 Å². The number of rotatable bonds is 1. The topological polar surface area (TPSA) is 0 Å².